The Hall–Kier alpha value is -3.80. The van der Waals surface area contributed by atoms with E-state index in [9.17, 15) is 50.4 Å². The molecule has 2 aliphatic heterocycles. The molecule has 10 atom stereocenters. The van der Waals surface area contributed by atoms with E-state index in [2.05, 4.69) is 0 Å². The Bertz CT molecular complexity index is 1570. The number of rotatable bonds is 6. The average Bonchev–Trinajstić information content (AvgIpc) is 2.98. The molecule has 5 rings (SSSR count). The number of aliphatic hydroxyl groups is 6. The number of carbonyl (C=O) groups is 1. The van der Waals surface area contributed by atoms with E-state index in [0.717, 1.165) is 19.1 Å². The highest BCUT2D eigenvalue weighted by Crippen LogP contribution is 2.44. The van der Waals surface area contributed by atoms with E-state index >= 15 is 0 Å². The van der Waals surface area contributed by atoms with E-state index in [1.54, 1.807) is 0 Å². The number of hydrogen-bond acceptors (Lipinski definition) is 15. The minimum absolute atomic E-state index is 0.0521. The molecule has 2 fully saturated rings. The number of phenols is 2. The molecule has 8 N–H and O–H groups in total. The van der Waals surface area contributed by atoms with Crippen molar-refractivity contribution < 1.29 is 69.0 Å². The maximum atomic E-state index is 13.2. The van der Waals surface area contributed by atoms with E-state index in [4.69, 9.17) is 23.4 Å². The number of carbonyl (C=O) groups excluding carboxylic acids is 1. The maximum Gasteiger partial charge on any atom is 0.303 e. The van der Waals surface area contributed by atoms with Gasteiger partial charge in [-0.2, -0.15) is 0 Å². The lowest BCUT2D eigenvalue weighted by molar-refractivity contribution is -0.268. The second-order valence-electron chi connectivity index (χ2n) is 10.7. The van der Waals surface area contributed by atoms with Crippen LogP contribution in [0.2, 0.25) is 0 Å². The number of fused-ring (bicyclic) bond motifs is 1. The molecule has 15 nitrogen and oxygen atoms in total. The molecule has 0 saturated carbocycles. The smallest absolute Gasteiger partial charge is 0.303 e. The normalized spacial score (nSPS) is 32.4. The first-order valence-electron chi connectivity index (χ1n) is 13.6. The Kier molecular flexibility index (Phi) is 8.84. The minimum Gasteiger partial charge on any atom is -0.507 e. The van der Waals surface area contributed by atoms with Gasteiger partial charge in [-0.25, -0.2) is 0 Å². The summed E-state index contributed by atoms with van der Waals surface area (Å²) in [7, 11) is 0. The van der Waals surface area contributed by atoms with Gasteiger partial charge in [-0.15, -0.1) is 0 Å². The topological polar surface area (TPSA) is 246 Å². The van der Waals surface area contributed by atoms with E-state index < -0.39 is 90.7 Å². The van der Waals surface area contributed by atoms with Crippen LogP contribution in [0.15, 0.2) is 45.6 Å². The zero-order valence-electron chi connectivity index (χ0n) is 23.4. The molecular weight excluding hydrogens is 588 g/mol. The van der Waals surface area contributed by atoms with Crippen LogP contribution >= 0.6 is 0 Å². The van der Waals surface area contributed by atoms with Crippen molar-refractivity contribution in [3.05, 3.63) is 52.2 Å². The molecule has 15 heteroatoms. The summed E-state index contributed by atoms with van der Waals surface area (Å²) in [5, 5.41) is 82.5. The van der Waals surface area contributed by atoms with Crippen LogP contribution in [-0.2, 0) is 19.0 Å². The highest BCUT2D eigenvalue weighted by atomic mass is 16.7. The van der Waals surface area contributed by atoms with Gasteiger partial charge >= 0.3 is 5.97 Å². The fourth-order valence-corrected chi connectivity index (χ4v) is 5.34. The van der Waals surface area contributed by atoms with Gasteiger partial charge in [-0.05, 0) is 31.2 Å². The Labute approximate surface area is 248 Å². The molecule has 3 heterocycles. The number of ether oxygens (including phenoxy) is 4. The van der Waals surface area contributed by atoms with Crippen molar-refractivity contribution in [2.24, 2.45) is 0 Å². The van der Waals surface area contributed by atoms with Crippen LogP contribution in [0.4, 0.5) is 0 Å². The van der Waals surface area contributed by atoms with Crippen molar-refractivity contribution in [1.82, 2.24) is 0 Å². The van der Waals surface area contributed by atoms with Crippen LogP contribution in [0.5, 0.6) is 17.2 Å². The Balaban J connectivity index is 1.50. The molecule has 0 amide bonds. The maximum absolute atomic E-state index is 13.2. The van der Waals surface area contributed by atoms with Gasteiger partial charge < -0.3 is 64.2 Å². The van der Waals surface area contributed by atoms with Crippen LogP contribution in [0, 0.1) is 0 Å². The molecule has 2 aromatic carbocycles. The molecule has 1 aromatic heterocycles. The van der Waals surface area contributed by atoms with Crippen LogP contribution in [-0.4, -0.2) is 109 Å². The second-order valence-corrected chi connectivity index (χ2v) is 10.7. The molecule has 44 heavy (non-hydrogen) atoms. The third-order valence-electron chi connectivity index (χ3n) is 7.65. The summed E-state index contributed by atoms with van der Waals surface area (Å²) in [4.78, 5) is 24.7. The minimum atomic E-state index is -1.84. The molecule has 2 aliphatic rings. The van der Waals surface area contributed by atoms with Gasteiger partial charge in [0.25, 0.3) is 0 Å². The van der Waals surface area contributed by atoms with Crippen LogP contribution < -0.4 is 10.2 Å². The predicted octanol–water partition coefficient (Wildman–Crippen LogP) is -0.837. The number of benzene rings is 2. The highest BCUT2D eigenvalue weighted by molar-refractivity contribution is 5.89. The van der Waals surface area contributed by atoms with Crippen LogP contribution in [0.25, 0.3) is 22.3 Å². The molecule has 0 unspecified atom stereocenters. The van der Waals surface area contributed by atoms with Crippen molar-refractivity contribution in [3.8, 4) is 28.6 Å². The van der Waals surface area contributed by atoms with Gasteiger partial charge in [-0.3, -0.25) is 9.59 Å². The fraction of sp³-hybridized carbons (Fsp3) is 0.448. The molecule has 0 bridgehead atoms. The number of esters is 1. The standard InChI is InChI=1S/C29H32O15/c1-10-21(35)22(36)25(39)29(40-10)42-13-5-3-12(4-6-13)17-8-16(34)19-14(32)7-15(33)20(27(19)43-17)28-24(38)23(37)26(41-11(2)31)18(9-30)44-28/h3-8,10,18,21-26,28-30,32-33,35-39H,9H2,1-2H3/t10-,18+,21-,22+,23+,24+,25+,26+,28-,29-/m0/s1. The lowest BCUT2D eigenvalue weighted by Gasteiger charge is -2.41. The third kappa shape index (κ3) is 5.71. The van der Waals surface area contributed by atoms with Crippen molar-refractivity contribution in [2.75, 3.05) is 6.61 Å². The Morgan fingerprint density at radius 2 is 1.57 bits per heavy atom. The summed E-state index contributed by atoms with van der Waals surface area (Å²) in [6.07, 6.45) is -14.5. The van der Waals surface area contributed by atoms with Gasteiger partial charge in [0.2, 0.25) is 6.29 Å². The quantitative estimate of drug-likeness (QED) is 0.157. The number of aliphatic hydroxyl groups excluding tert-OH is 6. The van der Waals surface area contributed by atoms with Gasteiger partial charge in [0, 0.05) is 24.6 Å². The number of aromatic hydroxyl groups is 2. The molecule has 238 valence electrons. The summed E-state index contributed by atoms with van der Waals surface area (Å²) in [5.74, 6) is -1.97. The van der Waals surface area contributed by atoms with Gasteiger partial charge in [0.05, 0.1) is 18.3 Å². The first-order chi connectivity index (χ1) is 20.8. The zero-order chi connectivity index (χ0) is 32.0. The lowest BCUT2D eigenvalue weighted by atomic mass is 9.89. The summed E-state index contributed by atoms with van der Waals surface area (Å²) >= 11 is 0. The predicted molar refractivity (Wildman–Crippen MR) is 147 cm³/mol. The summed E-state index contributed by atoms with van der Waals surface area (Å²) in [5.41, 5.74) is -1.12. The Morgan fingerprint density at radius 1 is 0.886 bits per heavy atom. The lowest BCUT2D eigenvalue weighted by Crippen LogP contribution is -2.58. The molecule has 0 aliphatic carbocycles. The summed E-state index contributed by atoms with van der Waals surface area (Å²) in [6, 6.07) is 7.77. The van der Waals surface area contributed by atoms with Gasteiger partial charge in [0.15, 0.2) is 17.1 Å². The second kappa shape index (κ2) is 12.3. The van der Waals surface area contributed by atoms with E-state index in [1.165, 1.54) is 31.2 Å². The largest absolute Gasteiger partial charge is 0.507 e. The first-order valence-corrected chi connectivity index (χ1v) is 13.6. The zero-order valence-corrected chi connectivity index (χ0v) is 23.4. The van der Waals surface area contributed by atoms with Crippen molar-refractivity contribution >= 4 is 16.9 Å². The molecule has 0 spiro atoms. The summed E-state index contributed by atoms with van der Waals surface area (Å²) < 4.78 is 27.8. The van der Waals surface area contributed by atoms with Crippen LogP contribution in [0.1, 0.15) is 25.5 Å². The van der Waals surface area contributed by atoms with E-state index in [1.807, 2.05) is 0 Å². The van der Waals surface area contributed by atoms with Gasteiger partial charge in [0.1, 0.15) is 71.1 Å². The summed E-state index contributed by atoms with van der Waals surface area (Å²) in [6.45, 7) is 1.82. The monoisotopic (exact) mass is 620 g/mol. The van der Waals surface area contributed by atoms with Crippen molar-refractivity contribution in [2.45, 2.75) is 75.1 Å². The van der Waals surface area contributed by atoms with Gasteiger partial charge in [-0.1, -0.05) is 0 Å². The fourth-order valence-electron chi connectivity index (χ4n) is 5.34. The molecule has 2 saturated heterocycles. The molecule has 0 radical (unpaired) electrons. The molecule has 3 aromatic rings. The van der Waals surface area contributed by atoms with Crippen molar-refractivity contribution in [1.29, 1.82) is 0 Å². The molecular formula is C29H32O15. The average molecular weight is 621 g/mol. The van der Waals surface area contributed by atoms with E-state index in [0.29, 0.717) is 5.56 Å². The highest BCUT2D eigenvalue weighted by Gasteiger charge is 2.48. The van der Waals surface area contributed by atoms with Crippen molar-refractivity contribution in [3.63, 3.8) is 0 Å². The number of hydrogen-bond donors (Lipinski definition) is 8. The number of phenolic OH excluding ortho intramolecular Hbond substituents is 2. The third-order valence-corrected chi connectivity index (χ3v) is 7.65. The van der Waals surface area contributed by atoms with Crippen LogP contribution in [0.3, 0.4) is 0 Å². The van der Waals surface area contributed by atoms with E-state index in [-0.39, 0.29) is 28.0 Å². The Morgan fingerprint density at radius 3 is 2.20 bits per heavy atom. The SMILES string of the molecule is CC(=O)O[C@H]1[C@H](O)[C@@H](O)[C@H](c2c(O)cc(O)c3c(=O)cc(-c4ccc(O[C@@H]5O[C@@H](C)[C@H](O)[C@@H](O)[C@H]5O)cc4)oc23)O[C@@H]1CO. The first kappa shape index (κ1) is 31.6.